The molecule has 2 amide bonds. The minimum Gasteiger partial charge on any atom is -0.495 e. The third kappa shape index (κ3) is 4.61. The molecule has 1 fully saturated rings. The molecule has 4 rings (SSSR count). The summed E-state index contributed by atoms with van der Waals surface area (Å²) >= 11 is 6.01. The lowest BCUT2D eigenvalue weighted by Crippen LogP contribution is -2.54. The molecule has 2 aromatic rings. The van der Waals surface area contributed by atoms with E-state index in [9.17, 15) is 18.0 Å². The molecular formula is C23H25ClN4O5S. The highest BCUT2D eigenvalue weighted by Crippen LogP contribution is 2.30. The minimum absolute atomic E-state index is 0.00804. The molecule has 2 aliphatic rings. The Kier molecular flexibility index (Phi) is 6.83. The highest BCUT2D eigenvalue weighted by molar-refractivity contribution is 7.89. The Morgan fingerprint density at radius 3 is 2.47 bits per heavy atom. The first-order chi connectivity index (χ1) is 16.2. The van der Waals surface area contributed by atoms with Gasteiger partial charge in [0, 0.05) is 37.6 Å². The van der Waals surface area contributed by atoms with Crippen molar-refractivity contribution in [1.82, 2.24) is 14.6 Å². The second-order valence-electron chi connectivity index (χ2n) is 7.94. The van der Waals surface area contributed by atoms with E-state index in [-0.39, 0.29) is 65.8 Å². The van der Waals surface area contributed by atoms with Crippen LogP contribution < -0.4 is 15.2 Å². The number of hydrogen-bond donors (Lipinski definition) is 1. The standard InChI is InChI=1S/C23H25ClN4O5S/c1-16-5-3-4-6-19(16)28-22(29)10-8-18(25-28)23(30)26-11-13-27(14-12-26)34(31,32)21-15-17(24)7-9-20(21)33-2/h3-9,15,25H,10-14H2,1-2H3. The van der Waals surface area contributed by atoms with Gasteiger partial charge in [-0.1, -0.05) is 29.8 Å². The number of hydrazine groups is 1. The third-order valence-electron chi connectivity index (χ3n) is 5.82. The van der Waals surface area contributed by atoms with Crippen molar-refractivity contribution in [3.05, 3.63) is 64.8 Å². The fraction of sp³-hybridized carbons (Fsp3) is 0.304. The van der Waals surface area contributed by atoms with Gasteiger partial charge in [0.25, 0.3) is 5.91 Å². The molecule has 0 atom stereocenters. The maximum Gasteiger partial charge on any atom is 0.271 e. The lowest BCUT2D eigenvalue weighted by atomic mass is 10.1. The predicted octanol–water partition coefficient (Wildman–Crippen LogP) is 2.32. The van der Waals surface area contributed by atoms with Crippen LogP contribution in [-0.4, -0.2) is 62.7 Å². The first-order valence-corrected chi connectivity index (χ1v) is 12.5. The van der Waals surface area contributed by atoms with E-state index >= 15 is 0 Å². The van der Waals surface area contributed by atoms with E-state index in [4.69, 9.17) is 16.3 Å². The van der Waals surface area contributed by atoms with Gasteiger partial charge in [0.05, 0.1) is 12.8 Å². The van der Waals surface area contributed by atoms with Gasteiger partial charge in [-0.25, -0.2) is 13.4 Å². The zero-order valence-electron chi connectivity index (χ0n) is 18.8. The number of sulfonamides is 1. The van der Waals surface area contributed by atoms with Crippen molar-refractivity contribution >= 4 is 39.1 Å². The number of carbonyl (C=O) groups excluding carboxylic acids is 2. The first-order valence-electron chi connectivity index (χ1n) is 10.7. The predicted molar refractivity (Wildman–Crippen MR) is 128 cm³/mol. The second kappa shape index (κ2) is 9.65. The lowest BCUT2D eigenvalue weighted by molar-refractivity contribution is -0.129. The summed E-state index contributed by atoms with van der Waals surface area (Å²) in [5, 5.41) is 1.67. The molecule has 2 aromatic carbocycles. The quantitative estimate of drug-likeness (QED) is 0.671. The molecule has 0 bridgehead atoms. The van der Waals surface area contributed by atoms with E-state index in [0.29, 0.717) is 5.69 Å². The molecule has 0 spiro atoms. The summed E-state index contributed by atoms with van der Waals surface area (Å²) in [5.74, 6) is -0.249. The average Bonchev–Trinajstić information content (AvgIpc) is 2.84. The number of para-hydroxylation sites is 1. The van der Waals surface area contributed by atoms with Gasteiger partial charge in [-0.05, 0) is 42.8 Å². The molecule has 180 valence electrons. The lowest BCUT2D eigenvalue weighted by Gasteiger charge is -2.36. The van der Waals surface area contributed by atoms with Crippen LogP contribution in [0.5, 0.6) is 5.75 Å². The number of anilines is 1. The molecule has 11 heteroatoms. The third-order valence-corrected chi connectivity index (χ3v) is 7.97. The highest BCUT2D eigenvalue weighted by atomic mass is 35.5. The molecule has 34 heavy (non-hydrogen) atoms. The summed E-state index contributed by atoms with van der Waals surface area (Å²) in [6.07, 6.45) is 1.66. The van der Waals surface area contributed by atoms with Crippen molar-refractivity contribution in [1.29, 1.82) is 0 Å². The number of benzene rings is 2. The Balaban J connectivity index is 1.45. The Hall–Kier alpha value is -3.08. The van der Waals surface area contributed by atoms with Gasteiger partial charge < -0.3 is 9.64 Å². The van der Waals surface area contributed by atoms with Gasteiger partial charge in [-0.15, -0.1) is 0 Å². The molecule has 0 radical (unpaired) electrons. The van der Waals surface area contributed by atoms with E-state index in [0.717, 1.165) is 5.56 Å². The number of carbonyl (C=O) groups is 2. The van der Waals surface area contributed by atoms with E-state index in [1.165, 1.54) is 28.6 Å². The number of ether oxygens (including phenoxy) is 1. The van der Waals surface area contributed by atoms with Crippen molar-refractivity contribution in [2.24, 2.45) is 0 Å². The van der Waals surface area contributed by atoms with Crippen LogP contribution >= 0.6 is 11.6 Å². The average molecular weight is 505 g/mol. The number of nitrogens with one attached hydrogen (secondary N) is 1. The van der Waals surface area contributed by atoms with Gasteiger partial charge in [-0.2, -0.15) is 4.31 Å². The molecule has 0 unspecified atom stereocenters. The number of nitrogens with zero attached hydrogens (tertiary/aromatic N) is 3. The van der Waals surface area contributed by atoms with Crippen LogP contribution in [0.2, 0.25) is 5.02 Å². The summed E-state index contributed by atoms with van der Waals surface area (Å²) in [6.45, 7) is 2.55. The van der Waals surface area contributed by atoms with Crippen LogP contribution in [-0.2, 0) is 19.6 Å². The fourth-order valence-corrected chi connectivity index (χ4v) is 5.79. The summed E-state index contributed by atoms with van der Waals surface area (Å²) in [7, 11) is -2.46. The van der Waals surface area contributed by atoms with Crippen LogP contribution in [0.25, 0.3) is 0 Å². The van der Waals surface area contributed by atoms with E-state index in [1.807, 2.05) is 25.1 Å². The summed E-state index contributed by atoms with van der Waals surface area (Å²) < 4.78 is 32.9. The molecule has 2 aliphatic heterocycles. The number of aryl methyl sites for hydroxylation is 1. The van der Waals surface area contributed by atoms with Crippen molar-refractivity contribution in [3.63, 3.8) is 0 Å². The van der Waals surface area contributed by atoms with Gasteiger partial charge in [0.1, 0.15) is 16.3 Å². The van der Waals surface area contributed by atoms with Crippen LogP contribution in [0, 0.1) is 6.92 Å². The Bertz CT molecular complexity index is 1260. The van der Waals surface area contributed by atoms with Crippen LogP contribution in [0.3, 0.4) is 0 Å². The van der Waals surface area contributed by atoms with Crippen molar-refractivity contribution < 1.29 is 22.7 Å². The van der Waals surface area contributed by atoms with Crippen LogP contribution in [0.15, 0.2) is 59.1 Å². The SMILES string of the molecule is COc1ccc(Cl)cc1S(=O)(=O)N1CCN(C(=O)C2=CCC(=O)N(c3ccccc3C)N2)CC1. The number of piperazine rings is 1. The molecule has 1 saturated heterocycles. The maximum atomic E-state index is 13.2. The van der Waals surface area contributed by atoms with Crippen molar-refractivity contribution in [2.75, 3.05) is 38.3 Å². The minimum atomic E-state index is -3.86. The largest absolute Gasteiger partial charge is 0.495 e. The number of amides is 2. The Morgan fingerprint density at radius 1 is 1.09 bits per heavy atom. The number of hydrogen-bond acceptors (Lipinski definition) is 6. The molecule has 0 saturated carbocycles. The Labute approximate surface area is 203 Å². The number of halogens is 1. The number of rotatable bonds is 5. The smallest absolute Gasteiger partial charge is 0.271 e. The second-order valence-corrected chi connectivity index (χ2v) is 10.3. The summed E-state index contributed by atoms with van der Waals surface area (Å²) in [5.41, 5.74) is 4.80. The zero-order chi connectivity index (χ0) is 24.5. The van der Waals surface area contributed by atoms with E-state index < -0.39 is 10.0 Å². The van der Waals surface area contributed by atoms with Gasteiger partial charge in [0.2, 0.25) is 15.9 Å². The van der Waals surface area contributed by atoms with Crippen molar-refractivity contribution in [3.8, 4) is 5.75 Å². The van der Waals surface area contributed by atoms with Gasteiger partial charge >= 0.3 is 0 Å². The van der Waals surface area contributed by atoms with E-state index in [1.54, 1.807) is 23.1 Å². The first kappa shape index (κ1) is 24.1. The molecule has 0 aromatic heterocycles. The molecule has 0 aliphatic carbocycles. The molecular weight excluding hydrogens is 480 g/mol. The molecule has 2 heterocycles. The van der Waals surface area contributed by atoms with Crippen LogP contribution in [0.4, 0.5) is 5.69 Å². The number of methoxy groups -OCH3 is 1. The van der Waals surface area contributed by atoms with Crippen LogP contribution in [0.1, 0.15) is 12.0 Å². The fourth-order valence-electron chi connectivity index (χ4n) is 3.95. The molecule has 9 nitrogen and oxygen atoms in total. The summed E-state index contributed by atoms with van der Waals surface area (Å²) in [6, 6.07) is 11.8. The Morgan fingerprint density at radius 2 is 1.79 bits per heavy atom. The highest BCUT2D eigenvalue weighted by Gasteiger charge is 2.34. The van der Waals surface area contributed by atoms with Gasteiger partial charge in [-0.3, -0.25) is 15.0 Å². The monoisotopic (exact) mass is 504 g/mol. The molecule has 1 N–H and O–H groups in total. The van der Waals surface area contributed by atoms with Crippen molar-refractivity contribution in [2.45, 2.75) is 18.2 Å². The maximum absolute atomic E-state index is 13.2. The zero-order valence-corrected chi connectivity index (χ0v) is 20.4. The van der Waals surface area contributed by atoms with E-state index in [2.05, 4.69) is 5.43 Å². The summed E-state index contributed by atoms with van der Waals surface area (Å²) in [4.78, 5) is 27.2. The topological polar surface area (TPSA) is 99.3 Å². The van der Waals surface area contributed by atoms with Gasteiger partial charge in [0.15, 0.2) is 0 Å². The normalized spacial score (nSPS) is 17.3.